The molecule has 0 aliphatic heterocycles. The monoisotopic (exact) mass is 589 g/mol. The van der Waals surface area contributed by atoms with E-state index in [1.54, 1.807) is 32.0 Å². The Morgan fingerprint density at radius 1 is 0.946 bits per heavy atom. The highest BCUT2D eigenvalue weighted by Gasteiger charge is 2.73. The van der Waals surface area contributed by atoms with Crippen molar-refractivity contribution in [3.05, 3.63) is 68.9 Å². The van der Waals surface area contributed by atoms with Crippen LogP contribution < -0.4 is 5.32 Å². The first-order chi connectivity index (χ1) is 17.0. The van der Waals surface area contributed by atoms with Crippen molar-refractivity contribution >= 4 is 40.7 Å². The molecule has 1 aromatic heterocycles. The van der Waals surface area contributed by atoms with Crippen LogP contribution in [-0.2, 0) is 10.5 Å². The highest BCUT2D eigenvalue weighted by Crippen LogP contribution is 2.54. The predicted molar refractivity (Wildman–Crippen MR) is 126 cm³/mol. The number of nitrogens with zero attached hydrogens (tertiary/aromatic N) is 2. The first kappa shape index (κ1) is 29.1. The van der Waals surface area contributed by atoms with Gasteiger partial charge in [-0.3, -0.25) is 4.79 Å². The molecule has 1 unspecified atom stereocenters. The minimum atomic E-state index is -6.32. The van der Waals surface area contributed by atoms with Crippen LogP contribution in [0.3, 0.4) is 0 Å². The Morgan fingerprint density at radius 2 is 1.51 bits per heavy atom. The SMILES string of the molecule is CCC(=O)NC(C)c1cc(-c2cnn(-c3c(Cl)cc(C(F)(C(F)(F)F)C(F)(F)F)cc3Cl)c2)ccc1Cl. The molecular formula is C23H17Cl3F7N3O. The Hall–Kier alpha value is -2.50. The molecule has 0 aliphatic carbocycles. The highest BCUT2D eigenvalue weighted by molar-refractivity contribution is 6.38. The number of amides is 1. The first-order valence-corrected chi connectivity index (χ1v) is 11.6. The molecule has 0 spiro atoms. The third-order valence-electron chi connectivity index (χ3n) is 5.50. The number of benzene rings is 2. The minimum Gasteiger partial charge on any atom is -0.350 e. The van der Waals surface area contributed by atoms with E-state index in [9.17, 15) is 35.5 Å². The van der Waals surface area contributed by atoms with E-state index in [2.05, 4.69) is 10.4 Å². The van der Waals surface area contributed by atoms with Crippen molar-refractivity contribution in [2.45, 2.75) is 44.3 Å². The maximum Gasteiger partial charge on any atom is 0.435 e. The number of hydrogen-bond acceptors (Lipinski definition) is 2. The number of nitrogens with one attached hydrogen (secondary N) is 1. The van der Waals surface area contributed by atoms with Crippen molar-refractivity contribution in [2.75, 3.05) is 0 Å². The summed E-state index contributed by atoms with van der Waals surface area (Å²) in [6.45, 7) is 3.42. The lowest BCUT2D eigenvalue weighted by Crippen LogP contribution is -2.50. The second-order valence-corrected chi connectivity index (χ2v) is 9.22. The van der Waals surface area contributed by atoms with Gasteiger partial charge in [-0.1, -0.05) is 47.8 Å². The maximum atomic E-state index is 14.5. The molecule has 3 aromatic rings. The number of alkyl halides is 7. The van der Waals surface area contributed by atoms with Crippen LogP contribution in [0.5, 0.6) is 0 Å². The summed E-state index contributed by atoms with van der Waals surface area (Å²) in [5.74, 6) is -0.192. The molecule has 3 rings (SSSR count). The fourth-order valence-corrected chi connectivity index (χ4v) is 4.48. The largest absolute Gasteiger partial charge is 0.435 e. The molecule has 200 valence electrons. The average molecular weight is 591 g/mol. The minimum absolute atomic E-state index is 0.192. The van der Waals surface area contributed by atoms with Crippen LogP contribution in [0.25, 0.3) is 16.8 Å². The van der Waals surface area contributed by atoms with Crippen molar-refractivity contribution in [2.24, 2.45) is 0 Å². The van der Waals surface area contributed by atoms with Crippen LogP contribution in [0.15, 0.2) is 42.7 Å². The van der Waals surface area contributed by atoms with Crippen LogP contribution in [0.2, 0.25) is 15.1 Å². The lowest BCUT2D eigenvalue weighted by atomic mass is 9.94. The molecule has 0 fully saturated rings. The molecule has 14 heteroatoms. The van der Waals surface area contributed by atoms with Gasteiger partial charge in [-0.05, 0) is 42.3 Å². The summed E-state index contributed by atoms with van der Waals surface area (Å²) in [6.07, 6.45) is -9.67. The van der Waals surface area contributed by atoms with Gasteiger partial charge in [0.2, 0.25) is 5.91 Å². The van der Waals surface area contributed by atoms with Gasteiger partial charge in [0, 0.05) is 28.8 Å². The van der Waals surface area contributed by atoms with E-state index >= 15 is 0 Å². The molecule has 2 aromatic carbocycles. The molecule has 0 aliphatic rings. The summed E-state index contributed by atoms with van der Waals surface area (Å²) in [6, 6.07) is 4.89. The van der Waals surface area contributed by atoms with Crippen LogP contribution >= 0.6 is 34.8 Å². The normalized spacial score (nSPS) is 13.5. The van der Waals surface area contributed by atoms with Gasteiger partial charge >= 0.3 is 18.0 Å². The number of carbonyl (C=O) groups is 1. The standard InChI is InChI=1S/C23H17Cl3F7N3O/c1-3-19(37)35-11(2)15-6-12(4-5-16(15)24)13-9-34-36(10-13)20-17(25)7-14(8-18(20)26)21(27,22(28,29)30)23(31,32)33/h4-11H,3H2,1-2H3,(H,35,37). The lowest BCUT2D eigenvalue weighted by Gasteiger charge is -2.30. The van der Waals surface area contributed by atoms with Gasteiger partial charge in [0.1, 0.15) is 5.69 Å². The van der Waals surface area contributed by atoms with Crippen molar-refractivity contribution < 1.29 is 35.5 Å². The molecular weight excluding hydrogens is 574 g/mol. The van der Waals surface area contributed by atoms with Crippen molar-refractivity contribution in [1.29, 1.82) is 0 Å². The van der Waals surface area contributed by atoms with E-state index in [0.717, 1.165) is 4.68 Å². The Balaban J connectivity index is 2.03. The maximum absolute atomic E-state index is 14.5. The molecule has 37 heavy (non-hydrogen) atoms. The molecule has 0 saturated heterocycles. The second kappa shape index (κ2) is 10.3. The highest BCUT2D eigenvalue weighted by atomic mass is 35.5. The fraction of sp³-hybridized carbons (Fsp3) is 0.304. The van der Waals surface area contributed by atoms with Crippen LogP contribution in [0.1, 0.15) is 37.4 Å². The number of rotatable bonds is 6. The number of hydrogen-bond donors (Lipinski definition) is 1. The molecule has 1 atom stereocenters. The first-order valence-electron chi connectivity index (χ1n) is 10.5. The predicted octanol–water partition coefficient (Wildman–Crippen LogP) is 8.38. The quantitative estimate of drug-likeness (QED) is 0.293. The van der Waals surface area contributed by atoms with E-state index < -0.39 is 39.7 Å². The summed E-state index contributed by atoms with van der Waals surface area (Å²) in [5, 5.41) is 5.81. The zero-order valence-electron chi connectivity index (χ0n) is 18.9. The molecule has 1 heterocycles. The smallest absolute Gasteiger partial charge is 0.350 e. The van der Waals surface area contributed by atoms with Crippen molar-refractivity contribution in [1.82, 2.24) is 15.1 Å². The van der Waals surface area contributed by atoms with Crippen LogP contribution in [0, 0.1) is 0 Å². The van der Waals surface area contributed by atoms with E-state index in [1.165, 1.54) is 12.4 Å². The van der Waals surface area contributed by atoms with E-state index in [1.807, 2.05) is 0 Å². The zero-order chi connectivity index (χ0) is 27.9. The van der Waals surface area contributed by atoms with Crippen molar-refractivity contribution in [3.8, 4) is 16.8 Å². The Morgan fingerprint density at radius 3 is 2.03 bits per heavy atom. The van der Waals surface area contributed by atoms with E-state index in [4.69, 9.17) is 34.8 Å². The van der Waals surface area contributed by atoms with E-state index in [-0.39, 0.29) is 30.1 Å². The molecule has 1 N–H and O–H groups in total. The van der Waals surface area contributed by atoms with Gasteiger partial charge in [-0.15, -0.1) is 0 Å². The lowest BCUT2D eigenvalue weighted by molar-refractivity contribution is -0.348. The van der Waals surface area contributed by atoms with Gasteiger partial charge in [0.15, 0.2) is 0 Å². The van der Waals surface area contributed by atoms with Crippen LogP contribution in [-0.4, -0.2) is 28.0 Å². The van der Waals surface area contributed by atoms with Gasteiger partial charge in [0.25, 0.3) is 0 Å². The van der Waals surface area contributed by atoms with Gasteiger partial charge in [0.05, 0.1) is 22.3 Å². The van der Waals surface area contributed by atoms with Gasteiger partial charge in [-0.2, -0.15) is 31.4 Å². The summed E-state index contributed by atoms with van der Waals surface area (Å²) < 4.78 is 94.3. The zero-order valence-corrected chi connectivity index (χ0v) is 21.2. The number of aromatic nitrogens is 2. The van der Waals surface area contributed by atoms with Crippen LogP contribution in [0.4, 0.5) is 30.7 Å². The molecule has 4 nitrogen and oxygen atoms in total. The topological polar surface area (TPSA) is 46.9 Å². The number of halogens is 10. The molecule has 0 bridgehead atoms. The summed E-state index contributed by atoms with van der Waals surface area (Å²) in [7, 11) is 0. The van der Waals surface area contributed by atoms with Gasteiger partial charge in [-0.25, -0.2) is 9.07 Å². The molecule has 0 radical (unpaired) electrons. The summed E-state index contributed by atoms with van der Waals surface area (Å²) in [5.41, 5.74) is -6.15. The Kier molecular flexibility index (Phi) is 8.12. The van der Waals surface area contributed by atoms with E-state index in [0.29, 0.717) is 21.7 Å². The summed E-state index contributed by atoms with van der Waals surface area (Å²) >= 11 is 18.2. The fourth-order valence-electron chi connectivity index (χ4n) is 3.54. The summed E-state index contributed by atoms with van der Waals surface area (Å²) in [4.78, 5) is 11.7. The third-order valence-corrected chi connectivity index (χ3v) is 6.42. The average Bonchev–Trinajstić information content (AvgIpc) is 3.26. The van der Waals surface area contributed by atoms with Crippen molar-refractivity contribution in [3.63, 3.8) is 0 Å². The second-order valence-electron chi connectivity index (χ2n) is 8.00. The third kappa shape index (κ3) is 5.53. The number of carbonyl (C=O) groups excluding carboxylic acids is 1. The van der Waals surface area contributed by atoms with Gasteiger partial charge < -0.3 is 5.32 Å². The Labute approximate surface area is 221 Å². The Bertz CT molecular complexity index is 1280. The molecule has 0 saturated carbocycles. The molecule has 1 amide bonds.